The van der Waals surface area contributed by atoms with Crippen LogP contribution in [0.5, 0.6) is 0 Å². The first kappa shape index (κ1) is 8.92. The van der Waals surface area contributed by atoms with Crippen molar-refractivity contribution >= 4 is 5.65 Å². The van der Waals surface area contributed by atoms with Crippen LogP contribution in [0, 0.1) is 0 Å². The van der Waals surface area contributed by atoms with E-state index in [0.29, 0.717) is 12.0 Å². The lowest BCUT2D eigenvalue weighted by atomic mass is 9.99. The van der Waals surface area contributed by atoms with E-state index >= 15 is 0 Å². The van der Waals surface area contributed by atoms with Crippen LogP contribution in [0.15, 0.2) is 30.6 Å². The van der Waals surface area contributed by atoms with E-state index in [-0.39, 0.29) is 0 Å². The molecular formula is C12H15N3. The van der Waals surface area contributed by atoms with Crippen LogP contribution < -0.4 is 5.32 Å². The largest absolute Gasteiger partial charge is 0.314 e. The summed E-state index contributed by atoms with van der Waals surface area (Å²) >= 11 is 0. The molecule has 1 fully saturated rings. The van der Waals surface area contributed by atoms with E-state index < -0.39 is 0 Å². The molecule has 0 amide bonds. The minimum Gasteiger partial charge on any atom is -0.314 e. The highest BCUT2D eigenvalue weighted by atomic mass is 15.0. The van der Waals surface area contributed by atoms with Crippen molar-refractivity contribution in [1.82, 2.24) is 14.7 Å². The molecular weight excluding hydrogens is 186 g/mol. The van der Waals surface area contributed by atoms with Gasteiger partial charge in [0.15, 0.2) is 0 Å². The molecule has 3 heteroatoms. The summed E-state index contributed by atoms with van der Waals surface area (Å²) in [6, 6.07) is 6.67. The predicted molar refractivity (Wildman–Crippen MR) is 60.0 cm³/mol. The monoisotopic (exact) mass is 201 g/mol. The lowest BCUT2D eigenvalue weighted by Gasteiger charge is -2.11. The van der Waals surface area contributed by atoms with Crippen molar-refractivity contribution in [3.63, 3.8) is 0 Å². The van der Waals surface area contributed by atoms with Crippen LogP contribution in [-0.2, 0) is 0 Å². The molecule has 0 aliphatic carbocycles. The summed E-state index contributed by atoms with van der Waals surface area (Å²) in [5, 5.41) is 3.46. The summed E-state index contributed by atoms with van der Waals surface area (Å²) in [5.41, 5.74) is 2.27. The predicted octanol–water partition coefficient (Wildman–Crippen LogP) is 1.80. The second-order valence-electron chi connectivity index (χ2n) is 4.27. The molecule has 0 aromatic carbocycles. The van der Waals surface area contributed by atoms with Crippen molar-refractivity contribution in [2.24, 2.45) is 0 Å². The Balaban J connectivity index is 2.04. The van der Waals surface area contributed by atoms with Crippen LogP contribution in [0.3, 0.4) is 0 Å². The van der Waals surface area contributed by atoms with Crippen LogP contribution in [0.1, 0.15) is 25.0 Å². The summed E-state index contributed by atoms with van der Waals surface area (Å²) in [6.07, 6.45) is 5.41. The maximum Gasteiger partial charge on any atom is 0.136 e. The molecule has 0 spiro atoms. The zero-order chi connectivity index (χ0) is 10.3. The van der Waals surface area contributed by atoms with Gasteiger partial charge in [-0.25, -0.2) is 4.98 Å². The van der Waals surface area contributed by atoms with Crippen LogP contribution in [0.2, 0.25) is 0 Å². The van der Waals surface area contributed by atoms with E-state index in [1.807, 2.05) is 12.1 Å². The molecule has 0 saturated carbocycles. The van der Waals surface area contributed by atoms with Gasteiger partial charge < -0.3 is 9.72 Å². The third kappa shape index (κ3) is 1.43. The van der Waals surface area contributed by atoms with Crippen LogP contribution in [-0.4, -0.2) is 22.0 Å². The van der Waals surface area contributed by atoms with Gasteiger partial charge in [-0.3, -0.25) is 0 Å². The number of nitrogens with one attached hydrogen (secondary N) is 1. The Hall–Kier alpha value is -1.35. The van der Waals surface area contributed by atoms with Gasteiger partial charge in [0.2, 0.25) is 0 Å². The Bertz CT molecular complexity index is 441. The van der Waals surface area contributed by atoms with Gasteiger partial charge in [-0.15, -0.1) is 0 Å². The fourth-order valence-corrected chi connectivity index (χ4v) is 2.40. The maximum atomic E-state index is 4.67. The Morgan fingerprint density at radius 1 is 1.47 bits per heavy atom. The molecule has 0 radical (unpaired) electrons. The molecule has 1 saturated heterocycles. The smallest absolute Gasteiger partial charge is 0.136 e. The fraction of sp³-hybridized carbons (Fsp3) is 0.417. The third-order valence-corrected chi connectivity index (χ3v) is 3.29. The lowest BCUT2D eigenvalue weighted by Crippen LogP contribution is -2.21. The quantitative estimate of drug-likeness (QED) is 0.762. The first-order valence-corrected chi connectivity index (χ1v) is 5.51. The topological polar surface area (TPSA) is 29.3 Å². The molecule has 2 atom stereocenters. The summed E-state index contributed by atoms with van der Waals surface area (Å²) in [5.74, 6) is 0.574. The highest BCUT2D eigenvalue weighted by Crippen LogP contribution is 2.26. The molecule has 3 rings (SSSR count). The average Bonchev–Trinajstić information content (AvgIpc) is 2.82. The molecule has 3 heterocycles. The Morgan fingerprint density at radius 2 is 2.40 bits per heavy atom. The number of imidazole rings is 1. The number of rotatable bonds is 1. The summed E-state index contributed by atoms with van der Waals surface area (Å²) in [4.78, 5) is 4.67. The molecule has 2 aromatic heterocycles. The van der Waals surface area contributed by atoms with E-state index in [0.717, 1.165) is 12.2 Å². The van der Waals surface area contributed by atoms with E-state index in [9.17, 15) is 0 Å². The normalized spacial score (nSPS) is 26.2. The summed E-state index contributed by atoms with van der Waals surface area (Å²) in [7, 11) is 0. The molecule has 15 heavy (non-hydrogen) atoms. The first-order valence-electron chi connectivity index (χ1n) is 5.51. The summed E-state index contributed by atoms with van der Waals surface area (Å²) in [6.45, 7) is 3.35. The third-order valence-electron chi connectivity index (χ3n) is 3.29. The van der Waals surface area contributed by atoms with Crippen molar-refractivity contribution < 1.29 is 0 Å². The van der Waals surface area contributed by atoms with Crippen LogP contribution in [0.4, 0.5) is 0 Å². The van der Waals surface area contributed by atoms with Gasteiger partial charge in [-0.05, 0) is 32.0 Å². The maximum absolute atomic E-state index is 4.67. The van der Waals surface area contributed by atoms with Crippen molar-refractivity contribution in [1.29, 1.82) is 0 Å². The Labute approximate surface area is 89.1 Å². The fourth-order valence-electron chi connectivity index (χ4n) is 2.40. The zero-order valence-electron chi connectivity index (χ0n) is 8.85. The van der Waals surface area contributed by atoms with Crippen LogP contribution >= 0.6 is 0 Å². The number of pyridine rings is 1. The van der Waals surface area contributed by atoms with Gasteiger partial charge in [0.05, 0.1) is 5.69 Å². The van der Waals surface area contributed by atoms with E-state index in [2.05, 4.69) is 40.1 Å². The minimum absolute atomic E-state index is 0.551. The number of nitrogens with zero attached hydrogens (tertiary/aromatic N) is 2. The van der Waals surface area contributed by atoms with Crippen molar-refractivity contribution in [3.05, 3.63) is 36.3 Å². The van der Waals surface area contributed by atoms with Crippen molar-refractivity contribution in [2.75, 3.05) is 6.54 Å². The second-order valence-corrected chi connectivity index (χ2v) is 4.27. The zero-order valence-corrected chi connectivity index (χ0v) is 8.85. The number of aromatic nitrogens is 2. The number of fused-ring (bicyclic) bond motifs is 1. The minimum atomic E-state index is 0.551. The molecule has 1 aliphatic heterocycles. The molecule has 1 N–H and O–H groups in total. The van der Waals surface area contributed by atoms with Gasteiger partial charge in [-0.2, -0.15) is 0 Å². The first-order chi connectivity index (χ1) is 7.34. The number of hydrogen-bond donors (Lipinski definition) is 1. The molecule has 78 valence electrons. The lowest BCUT2D eigenvalue weighted by molar-refractivity contribution is 0.585. The molecule has 3 nitrogen and oxygen atoms in total. The van der Waals surface area contributed by atoms with E-state index in [1.165, 1.54) is 12.1 Å². The van der Waals surface area contributed by atoms with Crippen molar-refractivity contribution in [2.45, 2.75) is 25.3 Å². The van der Waals surface area contributed by atoms with Gasteiger partial charge in [0, 0.05) is 24.4 Å². The second kappa shape index (κ2) is 3.35. The Morgan fingerprint density at radius 3 is 3.13 bits per heavy atom. The van der Waals surface area contributed by atoms with Crippen molar-refractivity contribution in [3.8, 4) is 0 Å². The standard InChI is InChI=1S/C12H15N3/c1-9-10(5-6-13-9)11-8-15-7-3-2-4-12(15)14-11/h2-4,7-10,13H,5-6H2,1H3. The highest BCUT2D eigenvalue weighted by Gasteiger charge is 2.26. The average molecular weight is 201 g/mol. The van der Waals surface area contributed by atoms with Gasteiger partial charge >= 0.3 is 0 Å². The van der Waals surface area contributed by atoms with Crippen LogP contribution in [0.25, 0.3) is 5.65 Å². The van der Waals surface area contributed by atoms with Gasteiger partial charge in [0.1, 0.15) is 5.65 Å². The molecule has 0 bridgehead atoms. The van der Waals surface area contributed by atoms with E-state index in [4.69, 9.17) is 0 Å². The number of hydrogen-bond acceptors (Lipinski definition) is 2. The van der Waals surface area contributed by atoms with Gasteiger partial charge in [-0.1, -0.05) is 6.07 Å². The molecule has 2 unspecified atom stereocenters. The van der Waals surface area contributed by atoms with E-state index in [1.54, 1.807) is 0 Å². The highest BCUT2D eigenvalue weighted by molar-refractivity contribution is 5.40. The molecule has 2 aromatic rings. The van der Waals surface area contributed by atoms with Gasteiger partial charge in [0.25, 0.3) is 0 Å². The SMILES string of the molecule is CC1NCCC1c1cn2ccccc2n1. The summed E-state index contributed by atoms with van der Waals surface area (Å²) < 4.78 is 2.10. The Kier molecular flexibility index (Phi) is 1.99. The molecule has 1 aliphatic rings.